The molecule has 3 fully saturated rings. The number of ether oxygens (including phenoxy) is 1. The molecule has 0 radical (unpaired) electrons. The zero-order valence-electron chi connectivity index (χ0n) is 15.5. The number of benzene rings is 1. The van der Waals surface area contributed by atoms with Crippen LogP contribution in [0.4, 0.5) is 0 Å². The van der Waals surface area contributed by atoms with Crippen LogP contribution in [0, 0.1) is 5.41 Å². The predicted octanol–water partition coefficient (Wildman–Crippen LogP) is 2.15. The zero-order chi connectivity index (χ0) is 18.0. The maximum atomic E-state index is 12.6. The van der Waals surface area contributed by atoms with E-state index in [0.717, 1.165) is 64.0 Å². The largest absolute Gasteiger partial charge is 0.395 e. The average molecular weight is 358 g/mol. The van der Waals surface area contributed by atoms with Crippen LogP contribution in [-0.4, -0.2) is 72.4 Å². The summed E-state index contributed by atoms with van der Waals surface area (Å²) in [6.07, 6.45) is 5.72. The second-order valence-electron chi connectivity index (χ2n) is 8.27. The van der Waals surface area contributed by atoms with E-state index in [0.29, 0.717) is 6.04 Å². The molecule has 0 bridgehead atoms. The Morgan fingerprint density at radius 3 is 2.69 bits per heavy atom. The lowest BCUT2D eigenvalue weighted by atomic mass is 9.76. The van der Waals surface area contributed by atoms with Gasteiger partial charge in [0.1, 0.15) is 0 Å². The van der Waals surface area contributed by atoms with Gasteiger partial charge in [-0.2, -0.15) is 0 Å². The fourth-order valence-corrected chi connectivity index (χ4v) is 4.91. The van der Waals surface area contributed by atoms with Crippen LogP contribution in [0.1, 0.15) is 42.5 Å². The minimum atomic E-state index is 0.152. The lowest BCUT2D eigenvalue weighted by molar-refractivity contribution is 0.0401. The lowest BCUT2D eigenvalue weighted by Gasteiger charge is -2.38. The minimum Gasteiger partial charge on any atom is -0.395 e. The maximum absolute atomic E-state index is 12.6. The van der Waals surface area contributed by atoms with Gasteiger partial charge in [-0.3, -0.25) is 9.69 Å². The molecule has 3 saturated heterocycles. The second kappa shape index (κ2) is 7.67. The number of carbonyl (C=O) groups is 1. The number of hydrogen-bond acceptors (Lipinski definition) is 4. The first-order valence-electron chi connectivity index (χ1n) is 10.00. The highest BCUT2D eigenvalue weighted by molar-refractivity contribution is 5.94. The summed E-state index contributed by atoms with van der Waals surface area (Å²) in [6.45, 7) is 4.76. The summed E-state index contributed by atoms with van der Waals surface area (Å²) < 4.78 is 6.15. The summed E-state index contributed by atoms with van der Waals surface area (Å²) >= 11 is 0. The van der Waals surface area contributed by atoms with Gasteiger partial charge in [0.25, 0.3) is 5.91 Å². The van der Waals surface area contributed by atoms with E-state index in [1.54, 1.807) is 0 Å². The number of amides is 1. The predicted molar refractivity (Wildman–Crippen MR) is 100 cm³/mol. The van der Waals surface area contributed by atoms with Crippen LogP contribution in [0.3, 0.4) is 0 Å². The Balaban J connectivity index is 1.30. The molecular weight excluding hydrogens is 328 g/mol. The van der Waals surface area contributed by atoms with Crippen molar-refractivity contribution in [1.82, 2.24) is 9.80 Å². The van der Waals surface area contributed by atoms with Crippen LogP contribution in [0.5, 0.6) is 0 Å². The molecule has 142 valence electrons. The highest BCUT2D eigenvalue weighted by atomic mass is 16.5. The molecule has 2 atom stereocenters. The molecule has 5 nitrogen and oxygen atoms in total. The number of hydrogen-bond donors (Lipinski definition) is 1. The van der Waals surface area contributed by atoms with Gasteiger partial charge in [0.05, 0.1) is 19.3 Å². The van der Waals surface area contributed by atoms with E-state index >= 15 is 0 Å². The Hall–Kier alpha value is -1.43. The molecule has 0 saturated carbocycles. The summed E-state index contributed by atoms with van der Waals surface area (Å²) in [5.74, 6) is 0.152. The van der Waals surface area contributed by atoms with Gasteiger partial charge in [0.2, 0.25) is 0 Å². The lowest BCUT2D eigenvalue weighted by Crippen LogP contribution is -2.44. The number of nitrogens with zero attached hydrogens (tertiary/aromatic N) is 2. The van der Waals surface area contributed by atoms with E-state index in [1.807, 2.05) is 35.2 Å². The van der Waals surface area contributed by atoms with Crippen molar-refractivity contribution in [1.29, 1.82) is 0 Å². The van der Waals surface area contributed by atoms with Gasteiger partial charge in [-0.15, -0.1) is 0 Å². The Bertz CT molecular complexity index is 613. The van der Waals surface area contributed by atoms with Crippen LogP contribution in [0.15, 0.2) is 30.3 Å². The number of likely N-dealkylation sites (tertiary alicyclic amines) is 2. The maximum Gasteiger partial charge on any atom is 0.253 e. The molecule has 0 aromatic heterocycles. The zero-order valence-corrected chi connectivity index (χ0v) is 15.5. The molecule has 1 N–H and O–H groups in total. The second-order valence-corrected chi connectivity index (χ2v) is 8.27. The van der Waals surface area contributed by atoms with Crippen LogP contribution in [-0.2, 0) is 4.74 Å². The molecule has 5 heteroatoms. The van der Waals surface area contributed by atoms with E-state index in [2.05, 4.69) is 4.90 Å². The summed E-state index contributed by atoms with van der Waals surface area (Å²) in [5, 5.41) is 9.51. The first-order valence-corrected chi connectivity index (χ1v) is 10.00. The third-order valence-electron chi connectivity index (χ3n) is 6.57. The van der Waals surface area contributed by atoms with Gasteiger partial charge >= 0.3 is 0 Å². The minimum absolute atomic E-state index is 0.152. The van der Waals surface area contributed by atoms with Crippen molar-refractivity contribution in [2.24, 2.45) is 5.41 Å². The van der Waals surface area contributed by atoms with Gasteiger partial charge in [-0.1, -0.05) is 18.2 Å². The summed E-state index contributed by atoms with van der Waals surface area (Å²) in [7, 11) is 0. The van der Waals surface area contributed by atoms with E-state index in [1.165, 1.54) is 6.42 Å². The van der Waals surface area contributed by atoms with Crippen molar-refractivity contribution >= 4 is 5.91 Å². The number of rotatable bonds is 4. The van der Waals surface area contributed by atoms with Crippen molar-refractivity contribution in [2.75, 3.05) is 39.4 Å². The molecule has 1 aromatic carbocycles. The van der Waals surface area contributed by atoms with E-state index in [4.69, 9.17) is 4.74 Å². The first-order chi connectivity index (χ1) is 12.7. The molecule has 4 rings (SSSR count). The third kappa shape index (κ3) is 3.66. The normalized spacial score (nSPS) is 28.7. The van der Waals surface area contributed by atoms with Crippen LogP contribution < -0.4 is 0 Å². The molecular formula is C21H30N2O3. The summed E-state index contributed by atoms with van der Waals surface area (Å²) in [6, 6.07) is 9.91. The number of piperidine rings is 1. The smallest absolute Gasteiger partial charge is 0.253 e. The van der Waals surface area contributed by atoms with Gasteiger partial charge in [-0.05, 0) is 56.2 Å². The standard InChI is InChI=1S/C21H30N2O3/c24-15-18-7-4-10-23(18)14-19-13-21(16-26-19)8-11-22(12-9-21)20(25)17-5-2-1-3-6-17/h1-3,5-6,18-19,24H,4,7-16H2/t18-,19+/m0/s1. The fourth-order valence-electron chi connectivity index (χ4n) is 4.91. The van der Waals surface area contributed by atoms with Crippen molar-refractivity contribution < 1.29 is 14.6 Å². The van der Waals surface area contributed by atoms with Crippen molar-refractivity contribution in [3.63, 3.8) is 0 Å². The molecule has 3 heterocycles. The van der Waals surface area contributed by atoms with E-state index < -0.39 is 0 Å². The SMILES string of the molecule is O=C(c1ccccc1)N1CCC2(CC1)CO[C@@H](CN1CCC[C@H]1CO)C2. The van der Waals surface area contributed by atoms with Crippen LogP contribution >= 0.6 is 0 Å². The van der Waals surface area contributed by atoms with Crippen LogP contribution in [0.2, 0.25) is 0 Å². The fraction of sp³-hybridized carbons (Fsp3) is 0.667. The molecule has 26 heavy (non-hydrogen) atoms. The van der Waals surface area contributed by atoms with Gasteiger partial charge < -0.3 is 14.7 Å². The monoisotopic (exact) mass is 358 g/mol. The van der Waals surface area contributed by atoms with Crippen molar-refractivity contribution in [3.8, 4) is 0 Å². The number of aliphatic hydroxyl groups is 1. The van der Waals surface area contributed by atoms with Crippen molar-refractivity contribution in [2.45, 2.75) is 44.2 Å². The highest BCUT2D eigenvalue weighted by Crippen LogP contribution is 2.42. The van der Waals surface area contributed by atoms with Crippen molar-refractivity contribution in [3.05, 3.63) is 35.9 Å². The topological polar surface area (TPSA) is 53.0 Å². The Labute approximate surface area is 155 Å². The third-order valence-corrected chi connectivity index (χ3v) is 6.57. The Kier molecular flexibility index (Phi) is 5.30. The quantitative estimate of drug-likeness (QED) is 0.896. The average Bonchev–Trinajstić information content (AvgIpc) is 3.30. The molecule has 0 unspecified atom stereocenters. The highest BCUT2D eigenvalue weighted by Gasteiger charge is 2.44. The molecule has 0 aliphatic carbocycles. The van der Waals surface area contributed by atoms with Gasteiger partial charge in [0, 0.05) is 31.2 Å². The van der Waals surface area contributed by atoms with Crippen LogP contribution in [0.25, 0.3) is 0 Å². The summed E-state index contributed by atoms with van der Waals surface area (Å²) in [4.78, 5) is 17.0. The van der Waals surface area contributed by atoms with E-state index in [9.17, 15) is 9.90 Å². The summed E-state index contributed by atoms with van der Waals surface area (Å²) in [5.41, 5.74) is 1.03. The number of aliphatic hydroxyl groups excluding tert-OH is 1. The Morgan fingerprint density at radius 2 is 1.96 bits per heavy atom. The molecule has 1 spiro atoms. The first kappa shape index (κ1) is 18.0. The molecule has 1 aromatic rings. The molecule has 3 aliphatic rings. The molecule has 1 amide bonds. The number of carbonyl (C=O) groups excluding carboxylic acids is 1. The van der Waals surface area contributed by atoms with E-state index in [-0.39, 0.29) is 24.0 Å². The Morgan fingerprint density at radius 1 is 1.19 bits per heavy atom. The molecule has 3 aliphatic heterocycles. The van der Waals surface area contributed by atoms with Gasteiger partial charge in [-0.25, -0.2) is 0 Å². The van der Waals surface area contributed by atoms with Gasteiger partial charge in [0.15, 0.2) is 0 Å².